The quantitative estimate of drug-likeness (QED) is 0.644. The zero-order chi connectivity index (χ0) is 24.8. The standard InChI is InChI=1S/C25H29ClFN3O4/c1-4-34-19-8-5-17(6-9-19)23(31)28-22(16(2)3)25(33)30-13-11-29(12-14-30)24(32)20-15-18(26)7-10-21(20)27/h5-10,15-16,22H,4,11-14H2,1-3H3,(H,28,31). The van der Waals surface area contributed by atoms with Crippen molar-refractivity contribution in [2.45, 2.75) is 26.8 Å². The van der Waals surface area contributed by atoms with Crippen molar-refractivity contribution >= 4 is 29.3 Å². The number of hydrogen-bond acceptors (Lipinski definition) is 4. The van der Waals surface area contributed by atoms with Gasteiger partial charge in [-0.3, -0.25) is 14.4 Å². The third kappa shape index (κ3) is 6.05. The summed E-state index contributed by atoms with van der Waals surface area (Å²) in [5.74, 6) is -1.13. The minimum absolute atomic E-state index is 0.0880. The highest BCUT2D eigenvalue weighted by Crippen LogP contribution is 2.19. The molecule has 7 nitrogen and oxygen atoms in total. The van der Waals surface area contributed by atoms with Gasteiger partial charge in [-0.25, -0.2) is 4.39 Å². The van der Waals surface area contributed by atoms with Crippen molar-refractivity contribution in [1.82, 2.24) is 15.1 Å². The van der Waals surface area contributed by atoms with Crippen LogP contribution in [-0.2, 0) is 4.79 Å². The topological polar surface area (TPSA) is 79.0 Å². The molecule has 0 aliphatic carbocycles. The number of nitrogens with one attached hydrogen (secondary N) is 1. The Bertz CT molecular complexity index is 1040. The lowest BCUT2D eigenvalue weighted by Crippen LogP contribution is -2.57. The molecule has 1 atom stereocenters. The number of rotatable bonds is 7. The second-order valence-corrected chi connectivity index (χ2v) is 8.83. The van der Waals surface area contributed by atoms with Crippen molar-refractivity contribution < 1.29 is 23.5 Å². The first-order valence-electron chi connectivity index (χ1n) is 11.3. The van der Waals surface area contributed by atoms with Crippen molar-refractivity contribution in [2.24, 2.45) is 5.92 Å². The SMILES string of the molecule is CCOc1ccc(C(=O)NC(C(=O)N2CCN(C(=O)c3cc(Cl)ccc3F)CC2)C(C)C)cc1. The molecule has 0 saturated carbocycles. The smallest absolute Gasteiger partial charge is 0.257 e. The molecule has 0 spiro atoms. The molecule has 1 unspecified atom stereocenters. The van der Waals surface area contributed by atoms with Gasteiger partial charge < -0.3 is 19.9 Å². The van der Waals surface area contributed by atoms with E-state index in [1.807, 2.05) is 20.8 Å². The summed E-state index contributed by atoms with van der Waals surface area (Å²) in [4.78, 5) is 41.8. The summed E-state index contributed by atoms with van der Waals surface area (Å²) in [7, 11) is 0. The lowest BCUT2D eigenvalue weighted by molar-refractivity contribution is -0.135. The lowest BCUT2D eigenvalue weighted by atomic mass is 10.0. The summed E-state index contributed by atoms with van der Waals surface area (Å²) in [5.41, 5.74) is 0.343. The van der Waals surface area contributed by atoms with Gasteiger partial charge in [0, 0.05) is 36.8 Å². The van der Waals surface area contributed by atoms with Crippen molar-refractivity contribution in [3.63, 3.8) is 0 Å². The Morgan fingerprint density at radius 3 is 2.24 bits per heavy atom. The number of carbonyl (C=O) groups excluding carboxylic acids is 3. The number of carbonyl (C=O) groups is 3. The molecular weight excluding hydrogens is 461 g/mol. The van der Waals surface area contributed by atoms with E-state index in [1.165, 1.54) is 17.0 Å². The fourth-order valence-electron chi connectivity index (χ4n) is 3.77. The highest BCUT2D eigenvalue weighted by atomic mass is 35.5. The first kappa shape index (κ1) is 25.5. The summed E-state index contributed by atoms with van der Waals surface area (Å²) in [5, 5.41) is 3.12. The van der Waals surface area contributed by atoms with E-state index in [0.29, 0.717) is 17.9 Å². The Labute approximate surface area is 203 Å². The largest absolute Gasteiger partial charge is 0.494 e. The third-order valence-electron chi connectivity index (χ3n) is 5.68. The van der Waals surface area contributed by atoms with Crippen molar-refractivity contribution in [1.29, 1.82) is 0 Å². The van der Waals surface area contributed by atoms with Crippen LogP contribution in [0.4, 0.5) is 4.39 Å². The molecule has 0 bridgehead atoms. The fourth-order valence-corrected chi connectivity index (χ4v) is 3.94. The number of piperazine rings is 1. The number of amides is 3. The van der Waals surface area contributed by atoms with Crippen LogP contribution in [0.15, 0.2) is 42.5 Å². The monoisotopic (exact) mass is 489 g/mol. The van der Waals surface area contributed by atoms with Crippen molar-refractivity contribution in [2.75, 3.05) is 32.8 Å². The van der Waals surface area contributed by atoms with E-state index >= 15 is 0 Å². The molecule has 1 N–H and O–H groups in total. The third-order valence-corrected chi connectivity index (χ3v) is 5.92. The molecule has 34 heavy (non-hydrogen) atoms. The van der Waals surface area contributed by atoms with E-state index in [2.05, 4.69) is 5.32 Å². The minimum atomic E-state index is -0.716. The van der Waals surface area contributed by atoms with E-state index < -0.39 is 17.8 Å². The number of halogens is 2. The number of hydrogen-bond donors (Lipinski definition) is 1. The maximum atomic E-state index is 14.1. The van der Waals surface area contributed by atoms with Gasteiger partial charge in [-0.2, -0.15) is 0 Å². The second kappa shape index (κ2) is 11.3. The molecule has 0 radical (unpaired) electrons. The zero-order valence-corrected chi connectivity index (χ0v) is 20.3. The van der Waals surface area contributed by atoms with Crippen LogP contribution in [0.2, 0.25) is 5.02 Å². The molecule has 1 aliphatic rings. The van der Waals surface area contributed by atoms with Gasteiger partial charge in [-0.05, 0) is 55.3 Å². The number of nitrogens with zero attached hydrogens (tertiary/aromatic N) is 2. The average Bonchev–Trinajstić information content (AvgIpc) is 2.83. The number of benzene rings is 2. The maximum absolute atomic E-state index is 14.1. The fraction of sp³-hybridized carbons (Fsp3) is 0.400. The average molecular weight is 490 g/mol. The molecule has 1 saturated heterocycles. The van der Waals surface area contributed by atoms with Gasteiger partial charge in [-0.1, -0.05) is 25.4 Å². The van der Waals surface area contributed by atoms with E-state index in [0.717, 1.165) is 6.07 Å². The van der Waals surface area contributed by atoms with Crippen molar-refractivity contribution in [3.05, 3.63) is 64.4 Å². The van der Waals surface area contributed by atoms with Crippen LogP contribution in [0.3, 0.4) is 0 Å². The molecule has 3 amide bonds. The van der Waals surface area contributed by atoms with Crippen LogP contribution in [0.25, 0.3) is 0 Å². The summed E-state index contributed by atoms with van der Waals surface area (Å²) < 4.78 is 19.5. The summed E-state index contributed by atoms with van der Waals surface area (Å²) in [6, 6.07) is 9.87. The summed E-state index contributed by atoms with van der Waals surface area (Å²) in [6.45, 7) is 7.23. The van der Waals surface area contributed by atoms with Gasteiger partial charge in [0.25, 0.3) is 11.8 Å². The number of ether oxygens (including phenoxy) is 1. The summed E-state index contributed by atoms with van der Waals surface area (Å²) in [6.07, 6.45) is 0. The van der Waals surface area contributed by atoms with E-state index in [9.17, 15) is 18.8 Å². The van der Waals surface area contributed by atoms with E-state index in [-0.39, 0.29) is 54.5 Å². The van der Waals surface area contributed by atoms with Gasteiger partial charge in [-0.15, -0.1) is 0 Å². The highest BCUT2D eigenvalue weighted by molar-refractivity contribution is 6.31. The molecule has 3 rings (SSSR count). The van der Waals surface area contributed by atoms with Gasteiger partial charge in [0.2, 0.25) is 5.91 Å². The first-order chi connectivity index (χ1) is 16.2. The molecule has 2 aromatic rings. The maximum Gasteiger partial charge on any atom is 0.257 e. The van der Waals surface area contributed by atoms with Crippen LogP contribution in [0.5, 0.6) is 5.75 Å². The minimum Gasteiger partial charge on any atom is -0.494 e. The van der Waals surface area contributed by atoms with Crippen LogP contribution in [0.1, 0.15) is 41.5 Å². The molecule has 1 heterocycles. The Kier molecular flexibility index (Phi) is 8.50. The molecule has 9 heteroatoms. The summed E-state index contributed by atoms with van der Waals surface area (Å²) >= 11 is 5.91. The Hall–Kier alpha value is -3.13. The van der Waals surface area contributed by atoms with E-state index in [4.69, 9.17) is 16.3 Å². The molecule has 0 aromatic heterocycles. The lowest BCUT2D eigenvalue weighted by Gasteiger charge is -2.37. The zero-order valence-electron chi connectivity index (χ0n) is 19.5. The predicted molar refractivity (Wildman–Crippen MR) is 128 cm³/mol. The Morgan fingerprint density at radius 2 is 1.65 bits per heavy atom. The van der Waals surface area contributed by atoms with Gasteiger partial charge in [0.15, 0.2) is 0 Å². The molecule has 1 fully saturated rings. The molecule has 182 valence electrons. The van der Waals surface area contributed by atoms with Crippen molar-refractivity contribution in [3.8, 4) is 5.75 Å². The molecule has 2 aromatic carbocycles. The van der Waals surface area contributed by atoms with Crippen LogP contribution in [-0.4, -0.2) is 66.3 Å². The molecular formula is C25H29ClFN3O4. The van der Waals surface area contributed by atoms with Crippen LogP contribution in [0, 0.1) is 11.7 Å². The highest BCUT2D eigenvalue weighted by Gasteiger charge is 2.32. The Morgan fingerprint density at radius 1 is 1.03 bits per heavy atom. The van der Waals surface area contributed by atoms with Gasteiger partial charge >= 0.3 is 0 Å². The molecule has 1 aliphatic heterocycles. The second-order valence-electron chi connectivity index (χ2n) is 8.39. The van der Waals surface area contributed by atoms with Gasteiger partial charge in [0.05, 0.1) is 12.2 Å². The predicted octanol–water partition coefficient (Wildman–Crippen LogP) is 3.62. The first-order valence-corrected chi connectivity index (χ1v) is 11.7. The van der Waals surface area contributed by atoms with Crippen LogP contribution >= 0.6 is 11.6 Å². The normalized spacial score (nSPS) is 14.6. The Balaban J connectivity index is 1.61. The van der Waals surface area contributed by atoms with E-state index in [1.54, 1.807) is 29.2 Å². The van der Waals surface area contributed by atoms with Gasteiger partial charge in [0.1, 0.15) is 17.6 Å². The van der Waals surface area contributed by atoms with Crippen LogP contribution < -0.4 is 10.1 Å².